The highest BCUT2D eigenvalue weighted by Gasteiger charge is 2.22. The maximum Gasteiger partial charge on any atom is 0.345 e. The largest absolute Gasteiger partial charge is 0.506 e. The molecule has 0 amide bonds. The zero-order valence-corrected chi connectivity index (χ0v) is 10.2. The summed E-state index contributed by atoms with van der Waals surface area (Å²) in [5, 5.41) is 18.5. The van der Waals surface area contributed by atoms with Gasteiger partial charge in [0, 0.05) is 5.39 Å². The maximum atomic E-state index is 12.0. The number of rotatable bonds is 2. The Balaban J connectivity index is 2.44. The normalized spacial score (nSPS) is 11.0. The van der Waals surface area contributed by atoms with Crippen molar-refractivity contribution in [3.8, 4) is 5.75 Å². The van der Waals surface area contributed by atoms with Gasteiger partial charge < -0.3 is 9.84 Å². The minimum Gasteiger partial charge on any atom is -0.506 e. The van der Waals surface area contributed by atoms with Crippen LogP contribution < -0.4 is 0 Å². The average molecular weight is 257 g/mol. The maximum absolute atomic E-state index is 12.0. The van der Waals surface area contributed by atoms with Gasteiger partial charge in [-0.15, -0.1) is 10.2 Å². The number of benzene rings is 1. The van der Waals surface area contributed by atoms with Crippen LogP contribution in [-0.4, -0.2) is 32.3 Å². The molecule has 3 rings (SSSR count). The highest BCUT2D eigenvalue weighted by molar-refractivity contribution is 6.05. The van der Waals surface area contributed by atoms with E-state index in [9.17, 15) is 9.90 Å². The van der Waals surface area contributed by atoms with E-state index in [2.05, 4.69) is 10.2 Å². The van der Waals surface area contributed by atoms with Crippen molar-refractivity contribution in [3.05, 3.63) is 36.2 Å². The number of hydrogen-bond donors (Lipinski definition) is 1. The molecule has 6 heteroatoms. The van der Waals surface area contributed by atoms with Crippen molar-refractivity contribution < 1.29 is 14.6 Å². The van der Waals surface area contributed by atoms with E-state index in [1.807, 2.05) is 12.1 Å². The lowest BCUT2D eigenvalue weighted by Crippen LogP contribution is -2.08. The molecular formula is C13H11N3O3. The second-order valence-electron chi connectivity index (χ2n) is 3.99. The lowest BCUT2D eigenvalue weighted by Gasteiger charge is -2.09. The Labute approximate surface area is 108 Å². The van der Waals surface area contributed by atoms with Crippen molar-refractivity contribution in [1.82, 2.24) is 14.6 Å². The third-order valence-corrected chi connectivity index (χ3v) is 2.91. The van der Waals surface area contributed by atoms with Gasteiger partial charge in [0.1, 0.15) is 17.6 Å². The Morgan fingerprint density at radius 2 is 2.21 bits per heavy atom. The van der Waals surface area contributed by atoms with E-state index in [0.29, 0.717) is 5.39 Å². The van der Waals surface area contributed by atoms with Crippen LogP contribution in [0.5, 0.6) is 5.75 Å². The molecule has 0 radical (unpaired) electrons. The van der Waals surface area contributed by atoms with E-state index < -0.39 is 5.97 Å². The predicted molar refractivity (Wildman–Crippen MR) is 68.1 cm³/mol. The molecule has 0 fully saturated rings. The number of para-hydroxylation sites is 1. The van der Waals surface area contributed by atoms with Crippen molar-refractivity contribution >= 4 is 22.5 Å². The Kier molecular flexibility index (Phi) is 2.56. The van der Waals surface area contributed by atoms with Crippen LogP contribution in [0.1, 0.15) is 17.3 Å². The highest BCUT2D eigenvalue weighted by Crippen LogP contribution is 2.31. The van der Waals surface area contributed by atoms with Gasteiger partial charge in [0.15, 0.2) is 5.65 Å². The fourth-order valence-corrected chi connectivity index (χ4v) is 2.10. The van der Waals surface area contributed by atoms with Crippen LogP contribution in [0, 0.1) is 0 Å². The number of carbonyl (C=O) groups is 1. The van der Waals surface area contributed by atoms with Crippen molar-refractivity contribution in [1.29, 1.82) is 0 Å². The third-order valence-electron chi connectivity index (χ3n) is 2.91. The topological polar surface area (TPSA) is 76.7 Å². The lowest BCUT2D eigenvalue weighted by molar-refractivity contribution is 0.0525. The molecule has 0 saturated carbocycles. The minimum atomic E-state index is -0.608. The number of ether oxygens (including phenoxy) is 1. The van der Waals surface area contributed by atoms with Crippen LogP contribution in [0.4, 0.5) is 0 Å². The molecule has 0 saturated heterocycles. The molecule has 1 N–H and O–H groups in total. The average Bonchev–Trinajstić information content (AvgIpc) is 2.88. The smallest absolute Gasteiger partial charge is 0.345 e. The van der Waals surface area contributed by atoms with E-state index in [-0.39, 0.29) is 23.6 Å². The lowest BCUT2D eigenvalue weighted by atomic mass is 10.1. The molecular weight excluding hydrogens is 246 g/mol. The van der Waals surface area contributed by atoms with Crippen molar-refractivity contribution in [2.75, 3.05) is 6.61 Å². The molecule has 0 aliphatic rings. The molecule has 0 bridgehead atoms. The van der Waals surface area contributed by atoms with Gasteiger partial charge >= 0.3 is 5.97 Å². The molecule has 0 unspecified atom stereocenters. The van der Waals surface area contributed by atoms with E-state index in [1.165, 1.54) is 6.33 Å². The number of pyridine rings is 1. The van der Waals surface area contributed by atoms with Crippen LogP contribution >= 0.6 is 0 Å². The molecule has 3 aromatic rings. The summed E-state index contributed by atoms with van der Waals surface area (Å²) in [7, 11) is 0. The zero-order valence-electron chi connectivity index (χ0n) is 10.2. The van der Waals surface area contributed by atoms with Gasteiger partial charge in [-0.25, -0.2) is 4.79 Å². The number of esters is 1. The van der Waals surface area contributed by atoms with E-state index in [1.54, 1.807) is 23.5 Å². The monoisotopic (exact) mass is 257 g/mol. The first-order valence-corrected chi connectivity index (χ1v) is 5.84. The fraction of sp³-hybridized carbons (Fsp3) is 0.154. The first kappa shape index (κ1) is 11.5. The highest BCUT2D eigenvalue weighted by atomic mass is 16.5. The van der Waals surface area contributed by atoms with Gasteiger partial charge in [0.25, 0.3) is 0 Å². The number of nitrogens with zero attached hydrogens (tertiary/aromatic N) is 3. The summed E-state index contributed by atoms with van der Waals surface area (Å²) in [6.45, 7) is 1.93. The Morgan fingerprint density at radius 1 is 1.42 bits per heavy atom. The molecule has 6 nitrogen and oxygen atoms in total. The van der Waals surface area contributed by atoms with E-state index in [0.717, 1.165) is 5.52 Å². The number of hydrogen-bond acceptors (Lipinski definition) is 5. The minimum absolute atomic E-state index is 0.0399. The van der Waals surface area contributed by atoms with Crippen molar-refractivity contribution in [2.45, 2.75) is 6.92 Å². The Morgan fingerprint density at radius 3 is 3.00 bits per heavy atom. The quantitative estimate of drug-likeness (QED) is 0.708. The first-order valence-electron chi connectivity index (χ1n) is 5.84. The molecule has 0 atom stereocenters. The number of aromatic nitrogens is 3. The van der Waals surface area contributed by atoms with E-state index >= 15 is 0 Å². The Hall–Kier alpha value is -2.63. The summed E-state index contributed by atoms with van der Waals surface area (Å²) in [6, 6.07) is 7.17. The summed E-state index contributed by atoms with van der Waals surface area (Å²) in [6.07, 6.45) is 1.50. The Bertz CT molecular complexity index is 779. The van der Waals surface area contributed by atoms with Gasteiger partial charge in [-0.3, -0.25) is 4.40 Å². The predicted octanol–water partition coefficient (Wildman–Crippen LogP) is 1.76. The molecule has 1 aromatic carbocycles. The number of carbonyl (C=O) groups excluding carboxylic acids is 1. The molecule has 96 valence electrons. The van der Waals surface area contributed by atoms with Crippen molar-refractivity contribution in [2.24, 2.45) is 0 Å². The standard InChI is InChI=1S/C13H11N3O3/c1-2-19-13(18)10-11(17)8-5-3-4-6-9(8)16-7-14-15-12(10)16/h3-7,17H,2H2,1H3. The zero-order chi connectivity index (χ0) is 13.4. The number of fused-ring (bicyclic) bond motifs is 3. The van der Waals surface area contributed by atoms with Gasteiger partial charge in [0.2, 0.25) is 0 Å². The van der Waals surface area contributed by atoms with Crippen molar-refractivity contribution in [3.63, 3.8) is 0 Å². The summed E-state index contributed by atoms with van der Waals surface area (Å²) in [5.74, 6) is -0.738. The van der Waals surface area contributed by atoms with Crippen LogP contribution in [0.2, 0.25) is 0 Å². The third kappa shape index (κ3) is 1.61. The molecule has 0 aliphatic carbocycles. The SMILES string of the molecule is CCOC(=O)c1c(O)c2ccccc2n2cnnc12. The fourth-order valence-electron chi connectivity index (χ4n) is 2.10. The van der Waals surface area contributed by atoms with Crippen LogP contribution in [0.3, 0.4) is 0 Å². The summed E-state index contributed by atoms with van der Waals surface area (Å²) < 4.78 is 6.61. The second kappa shape index (κ2) is 4.24. The summed E-state index contributed by atoms with van der Waals surface area (Å²) in [4.78, 5) is 12.0. The van der Waals surface area contributed by atoms with E-state index in [4.69, 9.17) is 4.74 Å². The molecule has 19 heavy (non-hydrogen) atoms. The molecule has 2 aromatic heterocycles. The second-order valence-corrected chi connectivity index (χ2v) is 3.99. The van der Waals surface area contributed by atoms with Gasteiger partial charge in [0.05, 0.1) is 12.1 Å². The molecule has 2 heterocycles. The summed E-state index contributed by atoms with van der Waals surface area (Å²) in [5.41, 5.74) is 1.06. The molecule has 0 aliphatic heterocycles. The molecule has 0 spiro atoms. The van der Waals surface area contributed by atoms with Crippen LogP contribution in [0.25, 0.3) is 16.6 Å². The van der Waals surface area contributed by atoms with Crippen LogP contribution in [0.15, 0.2) is 30.6 Å². The summed E-state index contributed by atoms with van der Waals surface area (Å²) >= 11 is 0. The number of aromatic hydroxyl groups is 1. The van der Waals surface area contributed by atoms with Gasteiger partial charge in [-0.05, 0) is 19.1 Å². The first-order chi connectivity index (χ1) is 9.24. The van der Waals surface area contributed by atoms with Gasteiger partial charge in [-0.2, -0.15) is 0 Å². The van der Waals surface area contributed by atoms with Crippen LogP contribution in [-0.2, 0) is 4.74 Å². The van der Waals surface area contributed by atoms with Gasteiger partial charge in [-0.1, -0.05) is 12.1 Å².